The molecule has 24 heavy (non-hydrogen) atoms. The quantitative estimate of drug-likeness (QED) is 0.844. The summed E-state index contributed by atoms with van der Waals surface area (Å²) in [6.45, 7) is 0. The minimum atomic E-state index is 0.0635. The first kappa shape index (κ1) is 14.8. The molecule has 2 atom stereocenters. The van der Waals surface area contributed by atoms with Crippen molar-refractivity contribution in [1.29, 1.82) is 0 Å². The molecular formula is C18H19NO5. The SMILES string of the molecule is COc1cc(-n2c(O)c3c(c2O)[C@H]2C=C[C@@H]3C2)cc(OC)c1OC. The minimum absolute atomic E-state index is 0.0635. The Kier molecular flexibility index (Phi) is 3.16. The standard InChI is InChI=1S/C18H19NO5/c1-22-12-7-11(8-13(23-2)16(12)24-3)19-17(20)14-9-4-5-10(6-9)15(14)18(19)21/h4-5,7-10,20-21H,6H2,1-3H3/t9-,10+. The van der Waals surface area contributed by atoms with Gasteiger partial charge in [0.2, 0.25) is 17.5 Å². The van der Waals surface area contributed by atoms with E-state index in [9.17, 15) is 10.2 Å². The summed E-state index contributed by atoms with van der Waals surface area (Å²) in [5, 5.41) is 21.4. The number of hydrogen-bond donors (Lipinski definition) is 2. The molecule has 0 saturated carbocycles. The van der Waals surface area contributed by atoms with Crippen molar-refractivity contribution in [2.75, 3.05) is 21.3 Å². The second-order valence-corrected chi connectivity index (χ2v) is 6.03. The molecule has 0 saturated heterocycles. The summed E-state index contributed by atoms with van der Waals surface area (Å²) >= 11 is 0. The lowest BCUT2D eigenvalue weighted by molar-refractivity contribution is 0.323. The van der Waals surface area contributed by atoms with Gasteiger partial charge in [0.15, 0.2) is 11.5 Å². The minimum Gasteiger partial charge on any atom is -0.494 e. The van der Waals surface area contributed by atoms with Gasteiger partial charge in [0.05, 0.1) is 27.0 Å². The Morgan fingerprint density at radius 1 is 0.875 bits per heavy atom. The lowest BCUT2D eigenvalue weighted by atomic mass is 10.0. The second kappa shape index (κ2) is 5.12. The summed E-state index contributed by atoms with van der Waals surface area (Å²) in [6, 6.07) is 3.40. The molecule has 2 aliphatic carbocycles. The molecule has 6 heteroatoms. The zero-order chi connectivity index (χ0) is 17.0. The van der Waals surface area contributed by atoms with Crippen molar-refractivity contribution in [3.63, 3.8) is 0 Å². The van der Waals surface area contributed by atoms with Crippen LogP contribution < -0.4 is 14.2 Å². The van der Waals surface area contributed by atoms with E-state index >= 15 is 0 Å². The molecule has 1 heterocycles. The van der Waals surface area contributed by atoms with E-state index in [0.717, 1.165) is 17.5 Å². The van der Waals surface area contributed by atoms with Gasteiger partial charge in [-0.15, -0.1) is 0 Å². The monoisotopic (exact) mass is 329 g/mol. The third kappa shape index (κ3) is 1.76. The lowest BCUT2D eigenvalue weighted by Crippen LogP contribution is -2.00. The number of aromatic hydroxyl groups is 2. The molecule has 2 bridgehead atoms. The van der Waals surface area contributed by atoms with Crippen LogP contribution >= 0.6 is 0 Å². The highest BCUT2D eigenvalue weighted by Crippen LogP contribution is 2.57. The van der Waals surface area contributed by atoms with Gasteiger partial charge < -0.3 is 24.4 Å². The number of allylic oxidation sites excluding steroid dienone is 2. The number of rotatable bonds is 4. The maximum Gasteiger partial charge on any atom is 0.203 e. The number of nitrogens with zero attached hydrogens (tertiary/aromatic N) is 1. The first-order valence-corrected chi connectivity index (χ1v) is 7.75. The maximum absolute atomic E-state index is 10.7. The first-order valence-electron chi connectivity index (χ1n) is 7.75. The van der Waals surface area contributed by atoms with Gasteiger partial charge in [-0.25, -0.2) is 0 Å². The van der Waals surface area contributed by atoms with E-state index in [1.807, 2.05) is 0 Å². The molecule has 0 radical (unpaired) electrons. The molecular weight excluding hydrogens is 310 g/mol. The van der Waals surface area contributed by atoms with Gasteiger partial charge in [0.1, 0.15) is 0 Å². The highest BCUT2D eigenvalue weighted by Gasteiger charge is 2.41. The summed E-state index contributed by atoms with van der Waals surface area (Å²) in [6.07, 6.45) is 5.10. The Bertz CT molecular complexity index is 791. The van der Waals surface area contributed by atoms with Gasteiger partial charge in [0.25, 0.3) is 0 Å². The number of aromatic nitrogens is 1. The fraction of sp³-hybridized carbons (Fsp3) is 0.333. The van der Waals surface area contributed by atoms with Crippen LogP contribution in [-0.2, 0) is 0 Å². The van der Waals surface area contributed by atoms with Crippen molar-refractivity contribution in [2.45, 2.75) is 18.3 Å². The highest BCUT2D eigenvalue weighted by atomic mass is 16.5. The van der Waals surface area contributed by atoms with Gasteiger partial charge >= 0.3 is 0 Å². The van der Waals surface area contributed by atoms with Crippen LogP contribution in [0.5, 0.6) is 29.0 Å². The molecule has 1 aromatic heterocycles. The maximum atomic E-state index is 10.7. The number of hydrogen-bond acceptors (Lipinski definition) is 5. The van der Waals surface area contributed by atoms with Crippen molar-refractivity contribution in [3.05, 3.63) is 35.4 Å². The van der Waals surface area contributed by atoms with E-state index in [0.29, 0.717) is 22.9 Å². The van der Waals surface area contributed by atoms with E-state index < -0.39 is 0 Å². The second-order valence-electron chi connectivity index (χ2n) is 6.03. The van der Waals surface area contributed by atoms with Crippen LogP contribution in [-0.4, -0.2) is 36.1 Å². The molecule has 0 spiro atoms. The average Bonchev–Trinajstić information content (AvgIpc) is 3.27. The first-order chi connectivity index (χ1) is 11.6. The summed E-state index contributed by atoms with van der Waals surface area (Å²) in [7, 11) is 4.59. The van der Waals surface area contributed by atoms with Crippen molar-refractivity contribution in [2.24, 2.45) is 0 Å². The summed E-state index contributed by atoms with van der Waals surface area (Å²) in [4.78, 5) is 0. The third-order valence-corrected chi connectivity index (χ3v) is 4.93. The molecule has 126 valence electrons. The van der Waals surface area contributed by atoms with Crippen molar-refractivity contribution >= 4 is 0 Å². The lowest BCUT2D eigenvalue weighted by Gasteiger charge is -2.16. The molecule has 0 aliphatic heterocycles. The van der Waals surface area contributed by atoms with E-state index in [-0.39, 0.29) is 23.6 Å². The van der Waals surface area contributed by atoms with E-state index in [2.05, 4.69) is 12.2 Å². The van der Waals surface area contributed by atoms with Crippen LogP contribution in [0.1, 0.15) is 29.4 Å². The van der Waals surface area contributed by atoms with Gasteiger partial charge in [-0.1, -0.05) is 12.2 Å². The fourth-order valence-electron chi connectivity index (χ4n) is 3.88. The van der Waals surface area contributed by atoms with Gasteiger partial charge in [0, 0.05) is 35.1 Å². The van der Waals surface area contributed by atoms with Gasteiger partial charge in [-0.3, -0.25) is 4.57 Å². The molecule has 4 rings (SSSR count). The molecule has 2 N–H and O–H groups in total. The predicted molar refractivity (Wildman–Crippen MR) is 88.0 cm³/mol. The predicted octanol–water partition coefficient (Wildman–Crippen LogP) is 3.06. The molecule has 2 aliphatic rings. The largest absolute Gasteiger partial charge is 0.494 e. The number of fused-ring (bicyclic) bond motifs is 5. The summed E-state index contributed by atoms with van der Waals surface area (Å²) in [5.74, 6) is 1.84. The van der Waals surface area contributed by atoms with Crippen molar-refractivity contribution < 1.29 is 24.4 Å². The highest BCUT2D eigenvalue weighted by molar-refractivity contribution is 5.65. The van der Waals surface area contributed by atoms with Crippen LogP contribution in [0.2, 0.25) is 0 Å². The van der Waals surface area contributed by atoms with E-state index in [4.69, 9.17) is 14.2 Å². The molecule has 0 amide bonds. The average molecular weight is 329 g/mol. The van der Waals surface area contributed by atoms with Crippen LogP contribution in [0.3, 0.4) is 0 Å². The smallest absolute Gasteiger partial charge is 0.203 e. The number of benzene rings is 1. The van der Waals surface area contributed by atoms with Gasteiger partial charge in [-0.2, -0.15) is 0 Å². The third-order valence-electron chi connectivity index (χ3n) is 4.93. The Hall–Kier alpha value is -2.76. The van der Waals surface area contributed by atoms with Crippen LogP contribution in [0.4, 0.5) is 0 Å². The Balaban J connectivity index is 1.93. The molecule has 0 fully saturated rings. The Labute approximate surface area is 139 Å². The van der Waals surface area contributed by atoms with Gasteiger partial charge in [-0.05, 0) is 6.42 Å². The zero-order valence-corrected chi connectivity index (χ0v) is 13.7. The summed E-state index contributed by atoms with van der Waals surface area (Å²) in [5.41, 5.74) is 2.18. The number of methoxy groups -OCH3 is 3. The topological polar surface area (TPSA) is 73.1 Å². The van der Waals surface area contributed by atoms with Crippen LogP contribution in [0.15, 0.2) is 24.3 Å². The Morgan fingerprint density at radius 2 is 1.38 bits per heavy atom. The zero-order valence-electron chi connectivity index (χ0n) is 13.7. The van der Waals surface area contributed by atoms with Crippen molar-refractivity contribution in [1.82, 2.24) is 4.57 Å². The van der Waals surface area contributed by atoms with E-state index in [1.54, 1.807) is 12.1 Å². The molecule has 1 aromatic carbocycles. The summed E-state index contributed by atoms with van der Waals surface area (Å²) < 4.78 is 17.5. The molecule has 2 aromatic rings. The van der Waals surface area contributed by atoms with Crippen molar-refractivity contribution in [3.8, 4) is 34.7 Å². The van der Waals surface area contributed by atoms with Crippen LogP contribution in [0, 0.1) is 0 Å². The Morgan fingerprint density at radius 3 is 1.79 bits per heavy atom. The van der Waals surface area contributed by atoms with E-state index in [1.165, 1.54) is 25.9 Å². The number of ether oxygens (including phenoxy) is 3. The fourth-order valence-corrected chi connectivity index (χ4v) is 3.88. The molecule has 6 nitrogen and oxygen atoms in total. The molecule has 0 unspecified atom stereocenters. The normalized spacial score (nSPS) is 20.3. The van der Waals surface area contributed by atoms with Crippen LogP contribution in [0.25, 0.3) is 5.69 Å².